The molecule has 0 spiro atoms. The average molecular weight is 270 g/mol. The molecule has 0 aliphatic heterocycles. The van der Waals surface area contributed by atoms with E-state index < -0.39 is 0 Å². The highest BCUT2D eigenvalue weighted by molar-refractivity contribution is 5.81. The van der Waals surface area contributed by atoms with E-state index in [1.807, 2.05) is 6.92 Å². The van der Waals surface area contributed by atoms with Gasteiger partial charge in [-0.3, -0.25) is 4.79 Å². The number of rotatable bonds is 12. The predicted molar refractivity (Wildman–Crippen MR) is 83.3 cm³/mol. The smallest absolute Gasteiger partial charge is 0.236 e. The highest BCUT2D eigenvalue weighted by Gasteiger charge is 2.10. The van der Waals surface area contributed by atoms with E-state index in [-0.39, 0.29) is 11.9 Å². The van der Waals surface area contributed by atoms with Crippen LogP contribution in [0.25, 0.3) is 0 Å². The monoisotopic (exact) mass is 270 g/mol. The molecule has 0 rings (SSSR count). The summed E-state index contributed by atoms with van der Waals surface area (Å²) in [6, 6.07) is -0.0625. The van der Waals surface area contributed by atoms with Gasteiger partial charge in [-0.25, -0.2) is 0 Å². The summed E-state index contributed by atoms with van der Waals surface area (Å²) in [6.07, 6.45) is 8.62. The van der Waals surface area contributed by atoms with E-state index in [0.717, 1.165) is 31.8 Å². The molecule has 0 heterocycles. The third-order valence-electron chi connectivity index (χ3n) is 3.38. The van der Waals surface area contributed by atoms with Crippen LogP contribution in [0.1, 0.15) is 72.6 Å². The van der Waals surface area contributed by atoms with Crippen LogP contribution in [0.4, 0.5) is 0 Å². The first kappa shape index (κ1) is 18.4. The molecule has 1 unspecified atom stereocenters. The molecule has 0 saturated carbocycles. The fourth-order valence-electron chi connectivity index (χ4n) is 1.98. The number of hydrogen-bond donors (Lipinski definition) is 2. The second-order valence-corrected chi connectivity index (χ2v) is 5.92. The summed E-state index contributed by atoms with van der Waals surface area (Å²) in [6.45, 7) is 10.4. The molecule has 0 aromatic rings. The maximum Gasteiger partial charge on any atom is 0.236 e. The zero-order valence-electron chi connectivity index (χ0n) is 13.4. The normalized spacial score (nSPS) is 12.7. The molecular weight excluding hydrogens is 236 g/mol. The first-order valence-corrected chi connectivity index (χ1v) is 8.09. The fourth-order valence-corrected chi connectivity index (χ4v) is 1.98. The molecule has 0 aromatic heterocycles. The fraction of sp³-hybridized carbons (Fsp3) is 0.938. The van der Waals surface area contributed by atoms with E-state index in [1.165, 1.54) is 32.1 Å². The molecule has 0 saturated heterocycles. The van der Waals surface area contributed by atoms with Crippen LogP contribution < -0.4 is 10.6 Å². The van der Waals surface area contributed by atoms with Crippen molar-refractivity contribution in [2.75, 3.05) is 13.1 Å². The molecule has 1 amide bonds. The van der Waals surface area contributed by atoms with Gasteiger partial charge >= 0.3 is 0 Å². The van der Waals surface area contributed by atoms with Gasteiger partial charge in [0, 0.05) is 6.54 Å². The van der Waals surface area contributed by atoms with E-state index in [9.17, 15) is 4.79 Å². The highest BCUT2D eigenvalue weighted by atomic mass is 16.2. The Balaban J connectivity index is 3.37. The Kier molecular flexibility index (Phi) is 12.1. The van der Waals surface area contributed by atoms with Gasteiger partial charge in [-0.1, -0.05) is 52.9 Å². The zero-order valence-corrected chi connectivity index (χ0v) is 13.4. The molecule has 0 radical (unpaired) electrons. The standard InChI is InChI=1S/C16H34N2O/c1-5-6-12-18-16(19)15(4)17-13-10-8-7-9-11-14(2)3/h14-15,17H,5-13H2,1-4H3,(H,18,19). The molecule has 0 fully saturated rings. The summed E-state index contributed by atoms with van der Waals surface area (Å²) in [7, 11) is 0. The number of carbonyl (C=O) groups is 1. The van der Waals surface area contributed by atoms with Crippen LogP contribution in [0.3, 0.4) is 0 Å². The lowest BCUT2D eigenvalue weighted by Crippen LogP contribution is -2.42. The van der Waals surface area contributed by atoms with Crippen molar-refractivity contribution in [1.29, 1.82) is 0 Å². The van der Waals surface area contributed by atoms with Crippen LogP contribution in [-0.2, 0) is 4.79 Å². The molecule has 0 aliphatic carbocycles. The summed E-state index contributed by atoms with van der Waals surface area (Å²) in [5, 5.41) is 6.25. The molecule has 0 aromatic carbocycles. The number of unbranched alkanes of at least 4 members (excludes halogenated alkanes) is 4. The van der Waals surface area contributed by atoms with Crippen molar-refractivity contribution >= 4 is 5.91 Å². The predicted octanol–water partition coefficient (Wildman–Crippen LogP) is 3.49. The molecule has 0 aliphatic rings. The van der Waals surface area contributed by atoms with Crippen LogP contribution in [0.15, 0.2) is 0 Å². The Morgan fingerprint density at radius 2 is 1.63 bits per heavy atom. The minimum Gasteiger partial charge on any atom is -0.355 e. The van der Waals surface area contributed by atoms with E-state index in [4.69, 9.17) is 0 Å². The Bertz CT molecular complexity index is 217. The minimum atomic E-state index is -0.0625. The first-order valence-electron chi connectivity index (χ1n) is 8.09. The van der Waals surface area contributed by atoms with E-state index in [1.54, 1.807) is 0 Å². The second-order valence-electron chi connectivity index (χ2n) is 5.92. The van der Waals surface area contributed by atoms with Crippen molar-refractivity contribution in [3.05, 3.63) is 0 Å². The Morgan fingerprint density at radius 1 is 0.947 bits per heavy atom. The van der Waals surface area contributed by atoms with Crippen molar-refractivity contribution in [3.63, 3.8) is 0 Å². The van der Waals surface area contributed by atoms with Crippen molar-refractivity contribution < 1.29 is 4.79 Å². The van der Waals surface area contributed by atoms with E-state index >= 15 is 0 Å². The average Bonchev–Trinajstić information content (AvgIpc) is 2.37. The van der Waals surface area contributed by atoms with Crippen molar-refractivity contribution in [1.82, 2.24) is 10.6 Å². The van der Waals surface area contributed by atoms with Gasteiger partial charge in [0.1, 0.15) is 0 Å². The van der Waals surface area contributed by atoms with Gasteiger partial charge in [-0.2, -0.15) is 0 Å². The Morgan fingerprint density at radius 3 is 2.26 bits per heavy atom. The third-order valence-corrected chi connectivity index (χ3v) is 3.38. The number of amides is 1. The minimum absolute atomic E-state index is 0.0625. The molecule has 0 bridgehead atoms. The van der Waals surface area contributed by atoms with E-state index in [2.05, 4.69) is 31.4 Å². The van der Waals surface area contributed by atoms with Crippen LogP contribution >= 0.6 is 0 Å². The van der Waals surface area contributed by atoms with Gasteiger partial charge in [-0.15, -0.1) is 0 Å². The molecule has 1 atom stereocenters. The largest absolute Gasteiger partial charge is 0.355 e. The molecule has 3 heteroatoms. The van der Waals surface area contributed by atoms with Crippen molar-refractivity contribution in [3.8, 4) is 0 Å². The maximum absolute atomic E-state index is 11.7. The van der Waals surface area contributed by atoms with Crippen LogP contribution in [0, 0.1) is 5.92 Å². The summed E-state index contributed by atoms with van der Waals surface area (Å²) in [4.78, 5) is 11.7. The number of hydrogen-bond acceptors (Lipinski definition) is 2. The summed E-state index contributed by atoms with van der Waals surface area (Å²) in [5.74, 6) is 0.957. The molecule has 19 heavy (non-hydrogen) atoms. The number of nitrogens with one attached hydrogen (secondary N) is 2. The van der Waals surface area contributed by atoms with Crippen LogP contribution in [0.5, 0.6) is 0 Å². The van der Waals surface area contributed by atoms with Gasteiger partial charge < -0.3 is 10.6 Å². The quantitative estimate of drug-likeness (QED) is 0.533. The summed E-state index contributed by atoms with van der Waals surface area (Å²) >= 11 is 0. The summed E-state index contributed by atoms with van der Waals surface area (Å²) < 4.78 is 0. The third kappa shape index (κ3) is 12.2. The van der Waals surface area contributed by atoms with Crippen molar-refractivity contribution in [2.45, 2.75) is 78.7 Å². The molecular formula is C16H34N2O. The van der Waals surface area contributed by atoms with Gasteiger partial charge in [-0.05, 0) is 32.2 Å². The van der Waals surface area contributed by atoms with Crippen molar-refractivity contribution in [2.24, 2.45) is 5.92 Å². The SMILES string of the molecule is CCCCNC(=O)C(C)NCCCCCCC(C)C. The Hall–Kier alpha value is -0.570. The van der Waals surface area contributed by atoms with Crippen LogP contribution in [-0.4, -0.2) is 25.0 Å². The lowest BCUT2D eigenvalue weighted by Gasteiger charge is -2.13. The van der Waals surface area contributed by atoms with Crippen LogP contribution in [0.2, 0.25) is 0 Å². The Labute approximate surface area is 119 Å². The lowest BCUT2D eigenvalue weighted by atomic mass is 10.0. The topological polar surface area (TPSA) is 41.1 Å². The molecule has 2 N–H and O–H groups in total. The van der Waals surface area contributed by atoms with Gasteiger partial charge in [0.15, 0.2) is 0 Å². The second kappa shape index (κ2) is 12.5. The van der Waals surface area contributed by atoms with Gasteiger partial charge in [0.2, 0.25) is 5.91 Å². The lowest BCUT2D eigenvalue weighted by molar-refractivity contribution is -0.122. The summed E-state index contributed by atoms with van der Waals surface area (Å²) in [5.41, 5.74) is 0. The first-order chi connectivity index (χ1) is 9.07. The van der Waals surface area contributed by atoms with Gasteiger partial charge in [0.25, 0.3) is 0 Å². The van der Waals surface area contributed by atoms with E-state index in [0.29, 0.717) is 0 Å². The number of carbonyl (C=O) groups excluding carboxylic acids is 1. The highest BCUT2D eigenvalue weighted by Crippen LogP contribution is 2.08. The van der Waals surface area contributed by atoms with Gasteiger partial charge in [0.05, 0.1) is 6.04 Å². The molecule has 114 valence electrons. The zero-order chi connectivity index (χ0) is 14.5. The maximum atomic E-state index is 11.7. The molecule has 3 nitrogen and oxygen atoms in total.